The summed E-state index contributed by atoms with van der Waals surface area (Å²) in [6.07, 6.45) is 0. The fourth-order valence-corrected chi connectivity index (χ4v) is 2.51. The van der Waals surface area contributed by atoms with Crippen LogP contribution in [0.5, 0.6) is 11.5 Å². The summed E-state index contributed by atoms with van der Waals surface area (Å²) in [6, 6.07) is 5.56. The third-order valence-electron chi connectivity index (χ3n) is 3.75. The second-order valence-corrected chi connectivity index (χ2v) is 5.57. The first kappa shape index (κ1) is 16.7. The minimum Gasteiger partial charge on any atom is -0.507 e. The average molecular weight is 348 g/mol. The van der Waals surface area contributed by atoms with Gasteiger partial charge in [-0.25, -0.2) is 8.78 Å². The molecule has 0 aliphatic carbocycles. The van der Waals surface area contributed by atoms with Gasteiger partial charge >= 0.3 is 0 Å². The zero-order valence-corrected chi connectivity index (χ0v) is 13.1. The third-order valence-corrected chi connectivity index (χ3v) is 3.75. The molecule has 0 fully saturated rings. The van der Waals surface area contributed by atoms with E-state index in [0.29, 0.717) is 29.1 Å². The molecule has 1 unspecified atom stereocenters. The SMILES string of the molecule is CC(NC(=O)c1c(O)cc(F)cc1F)c1ccc2c(c1)NC(=O)CO2. The maximum atomic E-state index is 13.8. The van der Waals surface area contributed by atoms with E-state index in [0.717, 1.165) is 0 Å². The van der Waals surface area contributed by atoms with E-state index in [1.165, 1.54) is 0 Å². The van der Waals surface area contributed by atoms with Crippen molar-refractivity contribution in [3.63, 3.8) is 0 Å². The minimum absolute atomic E-state index is 0.0677. The van der Waals surface area contributed by atoms with Gasteiger partial charge in [-0.15, -0.1) is 0 Å². The molecule has 0 radical (unpaired) electrons. The molecule has 2 aromatic carbocycles. The van der Waals surface area contributed by atoms with Crippen molar-refractivity contribution in [3.05, 3.63) is 53.1 Å². The number of ether oxygens (including phenoxy) is 1. The van der Waals surface area contributed by atoms with E-state index >= 15 is 0 Å². The van der Waals surface area contributed by atoms with Gasteiger partial charge in [0.25, 0.3) is 11.8 Å². The van der Waals surface area contributed by atoms with Crippen molar-refractivity contribution < 1.29 is 28.2 Å². The Kier molecular flexibility index (Phi) is 4.26. The normalized spacial score (nSPS) is 14.1. The Balaban J connectivity index is 1.81. The summed E-state index contributed by atoms with van der Waals surface area (Å²) >= 11 is 0. The van der Waals surface area contributed by atoms with Crippen LogP contribution in [0.2, 0.25) is 0 Å². The topological polar surface area (TPSA) is 87.7 Å². The molecule has 2 aromatic rings. The molecule has 1 heterocycles. The van der Waals surface area contributed by atoms with Gasteiger partial charge in [0.05, 0.1) is 11.7 Å². The molecule has 0 aromatic heterocycles. The van der Waals surface area contributed by atoms with Crippen LogP contribution >= 0.6 is 0 Å². The zero-order chi connectivity index (χ0) is 18.1. The molecule has 6 nitrogen and oxygen atoms in total. The number of hydrogen-bond donors (Lipinski definition) is 3. The van der Waals surface area contributed by atoms with Gasteiger partial charge in [0, 0.05) is 12.1 Å². The number of carbonyl (C=O) groups is 2. The highest BCUT2D eigenvalue weighted by molar-refractivity contribution is 5.97. The highest BCUT2D eigenvalue weighted by atomic mass is 19.1. The second kappa shape index (κ2) is 6.39. The monoisotopic (exact) mass is 348 g/mol. The van der Waals surface area contributed by atoms with E-state index < -0.39 is 34.9 Å². The lowest BCUT2D eigenvalue weighted by atomic mass is 10.1. The Labute approximate surface area is 141 Å². The van der Waals surface area contributed by atoms with Crippen LogP contribution in [0.15, 0.2) is 30.3 Å². The first-order chi connectivity index (χ1) is 11.8. The molecule has 0 spiro atoms. The number of halogens is 2. The quantitative estimate of drug-likeness (QED) is 0.795. The van der Waals surface area contributed by atoms with Gasteiger partial charge in [0.2, 0.25) is 0 Å². The molecular weight excluding hydrogens is 334 g/mol. The number of rotatable bonds is 3. The van der Waals surface area contributed by atoms with Gasteiger partial charge in [-0.3, -0.25) is 9.59 Å². The molecular formula is C17H14F2N2O4. The predicted octanol–water partition coefficient (Wildman–Crippen LogP) is 2.49. The van der Waals surface area contributed by atoms with Crippen LogP contribution in [0.25, 0.3) is 0 Å². The summed E-state index contributed by atoms with van der Waals surface area (Å²) in [5.41, 5.74) is 0.452. The number of phenolic OH excluding ortho intramolecular Hbond substituents is 1. The summed E-state index contributed by atoms with van der Waals surface area (Å²) in [6.45, 7) is 1.57. The molecule has 1 aliphatic heterocycles. The first-order valence-electron chi connectivity index (χ1n) is 7.40. The Morgan fingerprint density at radius 1 is 1.32 bits per heavy atom. The zero-order valence-electron chi connectivity index (χ0n) is 13.1. The Morgan fingerprint density at radius 3 is 2.80 bits per heavy atom. The number of benzene rings is 2. The first-order valence-corrected chi connectivity index (χ1v) is 7.40. The van der Waals surface area contributed by atoms with Crippen LogP contribution in [0.1, 0.15) is 28.9 Å². The van der Waals surface area contributed by atoms with E-state index in [9.17, 15) is 23.5 Å². The summed E-state index contributed by atoms with van der Waals surface area (Å²) in [5, 5.41) is 14.8. The van der Waals surface area contributed by atoms with Crippen molar-refractivity contribution in [1.82, 2.24) is 5.32 Å². The van der Waals surface area contributed by atoms with Crippen LogP contribution in [0.4, 0.5) is 14.5 Å². The van der Waals surface area contributed by atoms with Gasteiger partial charge in [-0.05, 0) is 24.6 Å². The third kappa shape index (κ3) is 3.37. The number of amides is 2. The van der Waals surface area contributed by atoms with Gasteiger partial charge in [0.15, 0.2) is 6.61 Å². The van der Waals surface area contributed by atoms with Crippen molar-refractivity contribution >= 4 is 17.5 Å². The van der Waals surface area contributed by atoms with Crippen molar-refractivity contribution in [2.75, 3.05) is 11.9 Å². The number of fused-ring (bicyclic) bond motifs is 1. The number of anilines is 1. The van der Waals surface area contributed by atoms with Gasteiger partial charge < -0.3 is 20.5 Å². The van der Waals surface area contributed by atoms with Crippen LogP contribution < -0.4 is 15.4 Å². The Morgan fingerprint density at radius 2 is 2.08 bits per heavy atom. The van der Waals surface area contributed by atoms with E-state index in [2.05, 4.69) is 10.6 Å². The molecule has 2 amide bonds. The highest BCUT2D eigenvalue weighted by Crippen LogP contribution is 2.31. The van der Waals surface area contributed by atoms with Gasteiger partial charge in [-0.1, -0.05) is 6.07 Å². The van der Waals surface area contributed by atoms with E-state index in [4.69, 9.17) is 4.74 Å². The second-order valence-electron chi connectivity index (χ2n) is 5.57. The predicted molar refractivity (Wildman–Crippen MR) is 84.5 cm³/mol. The number of carbonyl (C=O) groups excluding carboxylic acids is 2. The maximum Gasteiger partial charge on any atom is 0.262 e. The fraction of sp³-hybridized carbons (Fsp3) is 0.176. The van der Waals surface area contributed by atoms with E-state index in [1.54, 1.807) is 25.1 Å². The van der Waals surface area contributed by atoms with Crippen molar-refractivity contribution in [1.29, 1.82) is 0 Å². The summed E-state index contributed by atoms with van der Waals surface area (Å²) in [7, 11) is 0. The van der Waals surface area contributed by atoms with Crippen LogP contribution in [-0.2, 0) is 4.79 Å². The molecule has 0 saturated carbocycles. The molecule has 3 rings (SSSR count). The number of aromatic hydroxyl groups is 1. The summed E-state index contributed by atoms with van der Waals surface area (Å²) < 4.78 is 32.0. The van der Waals surface area contributed by atoms with Gasteiger partial charge in [-0.2, -0.15) is 0 Å². The molecule has 1 aliphatic rings. The molecule has 1 atom stereocenters. The lowest BCUT2D eigenvalue weighted by Crippen LogP contribution is -2.28. The smallest absolute Gasteiger partial charge is 0.262 e. The average Bonchev–Trinajstić information content (AvgIpc) is 2.52. The van der Waals surface area contributed by atoms with E-state index in [-0.39, 0.29) is 12.5 Å². The molecule has 130 valence electrons. The molecule has 8 heteroatoms. The number of nitrogens with one attached hydrogen (secondary N) is 2. The molecule has 0 saturated heterocycles. The Bertz CT molecular complexity index is 847. The van der Waals surface area contributed by atoms with E-state index in [1.807, 2.05) is 0 Å². The lowest BCUT2D eigenvalue weighted by molar-refractivity contribution is -0.118. The maximum absolute atomic E-state index is 13.8. The van der Waals surface area contributed by atoms with Crippen molar-refractivity contribution in [2.24, 2.45) is 0 Å². The van der Waals surface area contributed by atoms with Crippen LogP contribution in [0, 0.1) is 11.6 Å². The molecule has 3 N–H and O–H groups in total. The standard InChI is InChI=1S/C17H14F2N2O4/c1-8(9-2-3-14-12(4-9)21-15(23)7-25-14)20-17(24)16-11(19)5-10(18)6-13(16)22/h2-6,8,22H,7H2,1H3,(H,20,24)(H,21,23). The van der Waals surface area contributed by atoms with Crippen LogP contribution in [0.3, 0.4) is 0 Å². The minimum atomic E-state index is -1.16. The lowest BCUT2D eigenvalue weighted by Gasteiger charge is -2.21. The number of phenols is 1. The highest BCUT2D eigenvalue weighted by Gasteiger charge is 2.22. The summed E-state index contributed by atoms with van der Waals surface area (Å²) in [5.74, 6) is -3.60. The number of hydrogen-bond acceptors (Lipinski definition) is 4. The largest absolute Gasteiger partial charge is 0.507 e. The van der Waals surface area contributed by atoms with Crippen molar-refractivity contribution in [3.8, 4) is 11.5 Å². The Hall–Kier alpha value is -3.16. The van der Waals surface area contributed by atoms with Crippen LogP contribution in [-0.4, -0.2) is 23.5 Å². The summed E-state index contributed by atoms with van der Waals surface area (Å²) in [4.78, 5) is 23.6. The van der Waals surface area contributed by atoms with Gasteiger partial charge in [0.1, 0.15) is 28.7 Å². The molecule has 25 heavy (non-hydrogen) atoms. The van der Waals surface area contributed by atoms with Crippen molar-refractivity contribution in [2.45, 2.75) is 13.0 Å². The molecule has 0 bridgehead atoms. The fourth-order valence-electron chi connectivity index (χ4n) is 2.51.